The minimum atomic E-state index is -1.000. The quantitative estimate of drug-likeness (QED) is 0.427. The van der Waals surface area contributed by atoms with Gasteiger partial charge >= 0.3 is 0 Å². The van der Waals surface area contributed by atoms with Gasteiger partial charge in [-0.1, -0.05) is 67.8 Å². The summed E-state index contributed by atoms with van der Waals surface area (Å²) in [6, 6.07) is 20.3. The number of aromatic nitrogens is 2. The van der Waals surface area contributed by atoms with Crippen LogP contribution < -0.4 is 4.74 Å². The van der Waals surface area contributed by atoms with E-state index < -0.39 is 5.60 Å². The molecule has 1 fully saturated rings. The summed E-state index contributed by atoms with van der Waals surface area (Å²) in [6.45, 7) is 2.68. The highest BCUT2D eigenvalue weighted by Gasteiger charge is 2.49. The first-order valence-electron chi connectivity index (χ1n) is 12.6. The van der Waals surface area contributed by atoms with Gasteiger partial charge in [0.25, 0.3) is 0 Å². The van der Waals surface area contributed by atoms with Crippen molar-refractivity contribution in [1.82, 2.24) is 14.9 Å². The van der Waals surface area contributed by atoms with Gasteiger partial charge in [-0.15, -0.1) is 0 Å². The van der Waals surface area contributed by atoms with Crippen molar-refractivity contribution in [2.45, 2.75) is 57.2 Å². The zero-order valence-corrected chi connectivity index (χ0v) is 20.8. The topological polar surface area (TPSA) is 61.4 Å². The lowest BCUT2D eigenvalue weighted by atomic mass is 9.65. The number of benzene rings is 2. The van der Waals surface area contributed by atoms with Crippen LogP contribution in [0.5, 0.6) is 5.75 Å². The third kappa shape index (κ3) is 5.70. The molecular weight excluding hydrogens is 422 g/mol. The van der Waals surface area contributed by atoms with Crippen LogP contribution in [-0.4, -0.2) is 46.7 Å². The highest BCUT2D eigenvalue weighted by atomic mass is 16.5. The number of nitrogens with zero attached hydrogens (tertiary/aromatic N) is 2. The van der Waals surface area contributed by atoms with E-state index in [0.717, 1.165) is 35.7 Å². The van der Waals surface area contributed by atoms with E-state index >= 15 is 0 Å². The molecule has 2 N–H and O–H groups in total. The van der Waals surface area contributed by atoms with E-state index in [0.29, 0.717) is 13.0 Å². The average molecular weight is 462 g/mol. The van der Waals surface area contributed by atoms with Crippen molar-refractivity contribution in [2.75, 3.05) is 20.6 Å². The first-order chi connectivity index (χ1) is 16.5. The fourth-order valence-corrected chi connectivity index (χ4v) is 5.67. The molecule has 0 saturated heterocycles. The molecule has 1 aromatic heterocycles. The van der Waals surface area contributed by atoms with Gasteiger partial charge in [0.05, 0.1) is 5.60 Å². The summed E-state index contributed by atoms with van der Waals surface area (Å²) >= 11 is 0. The first kappa shape index (κ1) is 24.5. The summed E-state index contributed by atoms with van der Waals surface area (Å²) in [4.78, 5) is 9.99. The van der Waals surface area contributed by atoms with Crippen molar-refractivity contribution < 1.29 is 9.84 Å². The molecule has 34 heavy (non-hydrogen) atoms. The molecule has 0 spiro atoms. The molecule has 3 atom stereocenters. The number of ether oxygens (including phenoxy) is 1. The van der Waals surface area contributed by atoms with Gasteiger partial charge in [0, 0.05) is 30.8 Å². The molecule has 4 rings (SSSR count). The molecule has 3 aromatic rings. The molecule has 1 heterocycles. The van der Waals surface area contributed by atoms with E-state index in [9.17, 15) is 5.11 Å². The van der Waals surface area contributed by atoms with E-state index in [1.807, 2.05) is 61.7 Å². The maximum atomic E-state index is 12.8. The van der Waals surface area contributed by atoms with E-state index in [1.54, 1.807) is 0 Å². The Morgan fingerprint density at radius 1 is 1.03 bits per heavy atom. The number of hydrogen-bond donors (Lipinski definition) is 2. The second kappa shape index (κ2) is 11.2. The Morgan fingerprint density at radius 2 is 1.68 bits per heavy atom. The molecule has 182 valence electrons. The summed E-state index contributed by atoms with van der Waals surface area (Å²) < 4.78 is 6.71. The van der Waals surface area contributed by atoms with Crippen molar-refractivity contribution in [3.05, 3.63) is 83.9 Å². The molecule has 5 heteroatoms. The highest BCUT2D eigenvalue weighted by Crippen LogP contribution is 2.46. The van der Waals surface area contributed by atoms with Crippen LogP contribution in [0.15, 0.2) is 66.9 Å². The second-order valence-electron chi connectivity index (χ2n) is 10.1. The third-order valence-electron chi connectivity index (χ3n) is 7.25. The summed E-state index contributed by atoms with van der Waals surface area (Å²) in [6.07, 6.45) is 7.96. The summed E-state index contributed by atoms with van der Waals surface area (Å²) in [5, 5.41) is 12.8. The van der Waals surface area contributed by atoms with Crippen molar-refractivity contribution in [3.8, 4) is 5.75 Å². The van der Waals surface area contributed by atoms with Crippen LogP contribution in [0.2, 0.25) is 0 Å². The molecule has 0 amide bonds. The van der Waals surface area contributed by atoms with Gasteiger partial charge in [-0.05, 0) is 57.5 Å². The molecule has 1 saturated carbocycles. The lowest BCUT2D eigenvalue weighted by Crippen LogP contribution is -2.53. The van der Waals surface area contributed by atoms with Crippen molar-refractivity contribution in [2.24, 2.45) is 11.8 Å². The van der Waals surface area contributed by atoms with Crippen LogP contribution in [0.4, 0.5) is 0 Å². The number of rotatable bonds is 10. The van der Waals surface area contributed by atoms with Crippen LogP contribution in [0.3, 0.4) is 0 Å². The Hall–Kier alpha value is -2.63. The van der Waals surface area contributed by atoms with Crippen molar-refractivity contribution >= 4 is 0 Å². The standard InChI is InChI=1S/C29H39N3O2/c1-22-30-20-25(31-22)19-28(34-26-17-11-6-12-18-26)27(21-32(2)3)29(33,23-13-7-4-8-14-23)24-15-9-5-10-16-24/h4,6-8,11-14,17-18,20,24,27-28,33H,5,9-10,15-16,19,21H2,1-3H3,(H,30,31). The minimum absolute atomic E-state index is 0.142. The smallest absolute Gasteiger partial charge is 0.119 e. The van der Waals surface area contributed by atoms with Gasteiger partial charge < -0.3 is 19.7 Å². The Kier molecular flexibility index (Phi) is 8.07. The lowest BCUT2D eigenvalue weighted by Gasteiger charge is -2.47. The van der Waals surface area contributed by atoms with Crippen LogP contribution >= 0.6 is 0 Å². The van der Waals surface area contributed by atoms with Gasteiger partial charge in [-0.25, -0.2) is 4.98 Å². The minimum Gasteiger partial charge on any atom is -0.490 e. The van der Waals surface area contributed by atoms with Gasteiger partial charge in [0.1, 0.15) is 17.7 Å². The molecule has 0 radical (unpaired) electrons. The highest BCUT2D eigenvalue weighted by molar-refractivity contribution is 5.27. The maximum absolute atomic E-state index is 12.8. The van der Waals surface area contributed by atoms with Crippen molar-refractivity contribution in [1.29, 1.82) is 0 Å². The zero-order chi connectivity index (χ0) is 24.0. The van der Waals surface area contributed by atoms with Gasteiger partial charge in [0.15, 0.2) is 0 Å². The molecule has 1 aliphatic carbocycles. The Balaban J connectivity index is 1.80. The monoisotopic (exact) mass is 461 g/mol. The summed E-state index contributed by atoms with van der Waals surface area (Å²) in [7, 11) is 4.17. The third-order valence-corrected chi connectivity index (χ3v) is 7.25. The Labute approximate surface area is 204 Å². The Bertz CT molecular complexity index is 998. The number of hydrogen-bond acceptors (Lipinski definition) is 4. The van der Waals surface area contributed by atoms with Crippen LogP contribution in [0.25, 0.3) is 0 Å². The number of aromatic amines is 1. The van der Waals surface area contributed by atoms with Crippen molar-refractivity contribution in [3.63, 3.8) is 0 Å². The molecule has 0 bridgehead atoms. The van der Waals surface area contributed by atoms with Gasteiger partial charge in [0.2, 0.25) is 0 Å². The number of aliphatic hydroxyl groups is 1. The second-order valence-corrected chi connectivity index (χ2v) is 10.1. The number of para-hydroxylation sites is 1. The normalized spacial score (nSPS) is 18.4. The number of nitrogens with one attached hydrogen (secondary N) is 1. The van der Waals surface area contributed by atoms with E-state index in [2.05, 4.69) is 41.1 Å². The zero-order valence-electron chi connectivity index (χ0n) is 20.8. The molecule has 5 nitrogen and oxygen atoms in total. The molecule has 0 aliphatic heterocycles. The molecule has 3 unspecified atom stereocenters. The van der Waals surface area contributed by atoms with E-state index in [-0.39, 0.29) is 17.9 Å². The van der Waals surface area contributed by atoms with E-state index in [1.165, 1.54) is 19.3 Å². The SMILES string of the molecule is Cc1ncc(CC(Oc2ccccc2)C(CN(C)C)C(O)(c2ccccc2)C2CCCCC2)[nH]1. The van der Waals surface area contributed by atoms with Gasteiger partial charge in [-0.2, -0.15) is 0 Å². The average Bonchev–Trinajstić information content (AvgIpc) is 3.28. The lowest BCUT2D eigenvalue weighted by molar-refractivity contribution is -0.125. The molecule has 2 aromatic carbocycles. The fraction of sp³-hybridized carbons (Fsp3) is 0.483. The maximum Gasteiger partial charge on any atom is 0.119 e. The number of aryl methyl sites for hydroxylation is 1. The molecular formula is C29H39N3O2. The van der Waals surface area contributed by atoms with E-state index in [4.69, 9.17) is 4.74 Å². The number of H-pyrrole nitrogens is 1. The first-order valence-corrected chi connectivity index (χ1v) is 12.6. The molecule has 1 aliphatic rings. The largest absolute Gasteiger partial charge is 0.490 e. The van der Waals surface area contributed by atoms with Gasteiger partial charge in [-0.3, -0.25) is 0 Å². The summed E-state index contributed by atoms with van der Waals surface area (Å²) in [5.74, 6) is 1.77. The predicted molar refractivity (Wildman–Crippen MR) is 137 cm³/mol. The predicted octanol–water partition coefficient (Wildman–Crippen LogP) is 5.35. The summed E-state index contributed by atoms with van der Waals surface area (Å²) in [5.41, 5.74) is 1.03. The number of imidazole rings is 1. The van der Waals surface area contributed by atoms with Crippen LogP contribution in [0, 0.1) is 18.8 Å². The fourth-order valence-electron chi connectivity index (χ4n) is 5.67. The Morgan fingerprint density at radius 3 is 2.26 bits per heavy atom. The van der Waals surface area contributed by atoms with Crippen LogP contribution in [-0.2, 0) is 12.0 Å². The van der Waals surface area contributed by atoms with Crippen LogP contribution in [0.1, 0.15) is 49.2 Å².